The Morgan fingerprint density at radius 2 is 2.05 bits per heavy atom. The lowest BCUT2D eigenvalue weighted by molar-refractivity contribution is -0.119. The molecule has 0 bridgehead atoms. The molecule has 1 aromatic rings. The lowest BCUT2D eigenvalue weighted by Gasteiger charge is -2.21. The number of carbonyl (C=O) groups excluding carboxylic acids is 1. The second kappa shape index (κ2) is 7.53. The molecule has 1 saturated carbocycles. The van der Waals surface area contributed by atoms with Crippen molar-refractivity contribution in [2.24, 2.45) is 5.92 Å². The van der Waals surface area contributed by atoms with Crippen LogP contribution in [-0.2, 0) is 4.79 Å². The summed E-state index contributed by atoms with van der Waals surface area (Å²) in [6, 6.07) is 7.84. The zero-order valence-corrected chi connectivity index (χ0v) is 12.7. The van der Waals surface area contributed by atoms with Gasteiger partial charge in [0.05, 0.1) is 6.54 Å². The highest BCUT2D eigenvalue weighted by Crippen LogP contribution is 2.22. The molecule has 104 valence electrons. The molecular weight excluding hydrogens is 304 g/mol. The zero-order valence-electron chi connectivity index (χ0n) is 11.1. The fraction of sp³-hybridized carbons (Fsp3) is 0.533. The van der Waals surface area contributed by atoms with Crippen LogP contribution in [0.25, 0.3) is 0 Å². The van der Waals surface area contributed by atoms with Crippen molar-refractivity contribution in [3.05, 3.63) is 28.7 Å². The van der Waals surface area contributed by atoms with E-state index >= 15 is 0 Å². The van der Waals surface area contributed by atoms with Crippen molar-refractivity contribution in [1.29, 1.82) is 0 Å². The third kappa shape index (κ3) is 5.23. The molecule has 0 unspecified atom stereocenters. The molecule has 4 heteroatoms. The lowest BCUT2D eigenvalue weighted by Crippen LogP contribution is -2.34. The Balaban J connectivity index is 1.66. The molecule has 2 rings (SSSR count). The van der Waals surface area contributed by atoms with E-state index in [1.165, 1.54) is 32.1 Å². The van der Waals surface area contributed by atoms with Crippen LogP contribution < -0.4 is 10.6 Å². The van der Waals surface area contributed by atoms with Crippen LogP contribution in [0.2, 0.25) is 0 Å². The summed E-state index contributed by atoms with van der Waals surface area (Å²) in [7, 11) is 0. The minimum Gasteiger partial charge on any atom is -0.376 e. The molecule has 0 aromatic heterocycles. The normalized spacial score (nSPS) is 16.1. The summed E-state index contributed by atoms with van der Waals surface area (Å²) < 4.78 is 1.01. The van der Waals surface area contributed by atoms with E-state index in [9.17, 15) is 4.79 Å². The van der Waals surface area contributed by atoms with E-state index in [1.807, 2.05) is 24.3 Å². The Hall–Kier alpha value is -1.03. The lowest BCUT2D eigenvalue weighted by atomic mass is 9.89. The van der Waals surface area contributed by atoms with Crippen molar-refractivity contribution in [1.82, 2.24) is 5.32 Å². The maximum absolute atomic E-state index is 11.8. The molecule has 1 aliphatic carbocycles. The van der Waals surface area contributed by atoms with Gasteiger partial charge in [-0.15, -0.1) is 0 Å². The first kappa shape index (κ1) is 14.4. The predicted molar refractivity (Wildman–Crippen MR) is 82.2 cm³/mol. The first-order valence-electron chi connectivity index (χ1n) is 7.00. The van der Waals surface area contributed by atoms with Gasteiger partial charge in [0.1, 0.15) is 0 Å². The van der Waals surface area contributed by atoms with E-state index in [-0.39, 0.29) is 5.91 Å². The van der Waals surface area contributed by atoms with Gasteiger partial charge in [-0.2, -0.15) is 0 Å². The van der Waals surface area contributed by atoms with E-state index in [0.29, 0.717) is 12.5 Å². The summed E-state index contributed by atoms with van der Waals surface area (Å²) in [6.45, 7) is 1.17. The third-order valence-electron chi connectivity index (χ3n) is 3.59. The standard InChI is InChI=1S/C15H21BrN2O/c16-13-7-4-8-14(9-13)17-11-15(19)18-10-12-5-2-1-3-6-12/h4,7-9,12,17H,1-3,5-6,10-11H2,(H,18,19). The van der Waals surface area contributed by atoms with Crippen LogP contribution in [0.1, 0.15) is 32.1 Å². The zero-order chi connectivity index (χ0) is 13.5. The molecule has 0 saturated heterocycles. The van der Waals surface area contributed by atoms with Crippen molar-refractivity contribution in [3.63, 3.8) is 0 Å². The highest BCUT2D eigenvalue weighted by Gasteiger charge is 2.13. The van der Waals surface area contributed by atoms with Gasteiger partial charge in [-0.3, -0.25) is 4.79 Å². The monoisotopic (exact) mass is 324 g/mol. The molecule has 0 radical (unpaired) electrons. The molecule has 0 heterocycles. The number of anilines is 1. The van der Waals surface area contributed by atoms with Crippen LogP contribution in [-0.4, -0.2) is 19.0 Å². The predicted octanol–water partition coefficient (Wildman–Crippen LogP) is 3.56. The molecule has 1 fully saturated rings. The van der Waals surface area contributed by atoms with Gasteiger partial charge >= 0.3 is 0 Å². The second-order valence-electron chi connectivity index (χ2n) is 5.17. The van der Waals surface area contributed by atoms with Crippen molar-refractivity contribution in [3.8, 4) is 0 Å². The Labute approximate surface area is 123 Å². The number of hydrogen-bond acceptors (Lipinski definition) is 2. The van der Waals surface area contributed by atoms with Crippen LogP contribution >= 0.6 is 15.9 Å². The molecule has 2 N–H and O–H groups in total. The van der Waals surface area contributed by atoms with Crippen LogP contribution in [0.15, 0.2) is 28.7 Å². The molecule has 0 aliphatic heterocycles. The number of rotatable bonds is 5. The van der Waals surface area contributed by atoms with Gasteiger partial charge in [-0.25, -0.2) is 0 Å². The van der Waals surface area contributed by atoms with E-state index in [0.717, 1.165) is 16.7 Å². The fourth-order valence-electron chi connectivity index (χ4n) is 2.49. The topological polar surface area (TPSA) is 41.1 Å². The van der Waals surface area contributed by atoms with E-state index in [1.54, 1.807) is 0 Å². The molecule has 1 aromatic carbocycles. The van der Waals surface area contributed by atoms with Crippen LogP contribution in [0, 0.1) is 5.92 Å². The van der Waals surface area contributed by atoms with Crippen LogP contribution in [0.3, 0.4) is 0 Å². The molecule has 0 atom stereocenters. The maximum Gasteiger partial charge on any atom is 0.239 e. The number of nitrogens with one attached hydrogen (secondary N) is 2. The average molecular weight is 325 g/mol. The Morgan fingerprint density at radius 1 is 1.26 bits per heavy atom. The average Bonchev–Trinajstić information content (AvgIpc) is 2.44. The van der Waals surface area contributed by atoms with E-state index in [4.69, 9.17) is 0 Å². The highest BCUT2D eigenvalue weighted by molar-refractivity contribution is 9.10. The Bertz CT molecular complexity index is 416. The van der Waals surface area contributed by atoms with Gasteiger partial charge in [0.25, 0.3) is 0 Å². The second-order valence-corrected chi connectivity index (χ2v) is 6.09. The van der Waals surface area contributed by atoms with E-state index in [2.05, 4.69) is 26.6 Å². The van der Waals surface area contributed by atoms with Crippen molar-refractivity contribution in [2.75, 3.05) is 18.4 Å². The summed E-state index contributed by atoms with van der Waals surface area (Å²) in [5.74, 6) is 0.758. The third-order valence-corrected chi connectivity index (χ3v) is 4.08. The van der Waals surface area contributed by atoms with Gasteiger partial charge in [0.15, 0.2) is 0 Å². The summed E-state index contributed by atoms with van der Waals surface area (Å²) in [5.41, 5.74) is 0.960. The Morgan fingerprint density at radius 3 is 2.79 bits per heavy atom. The quantitative estimate of drug-likeness (QED) is 0.869. The van der Waals surface area contributed by atoms with Gasteiger partial charge in [0.2, 0.25) is 5.91 Å². The summed E-state index contributed by atoms with van der Waals surface area (Å²) in [4.78, 5) is 11.8. The Kier molecular flexibility index (Phi) is 5.70. The summed E-state index contributed by atoms with van der Waals surface area (Å²) >= 11 is 3.41. The van der Waals surface area contributed by atoms with Gasteiger partial charge in [-0.05, 0) is 37.0 Å². The number of benzene rings is 1. The molecule has 3 nitrogen and oxygen atoms in total. The molecule has 0 spiro atoms. The first-order valence-corrected chi connectivity index (χ1v) is 7.79. The van der Waals surface area contributed by atoms with Gasteiger partial charge in [0, 0.05) is 16.7 Å². The number of hydrogen-bond donors (Lipinski definition) is 2. The SMILES string of the molecule is O=C(CNc1cccc(Br)c1)NCC1CCCCC1. The minimum absolute atomic E-state index is 0.0746. The summed E-state index contributed by atoms with van der Waals surface area (Å²) in [6.07, 6.45) is 6.52. The fourth-order valence-corrected chi connectivity index (χ4v) is 2.89. The number of amides is 1. The summed E-state index contributed by atoms with van der Waals surface area (Å²) in [5, 5.41) is 6.16. The van der Waals surface area contributed by atoms with E-state index < -0.39 is 0 Å². The van der Waals surface area contributed by atoms with Gasteiger partial charge in [-0.1, -0.05) is 41.3 Å². The molecule has 1 aliphatic rings. The van der Waals surface area contributed by atoms with Crippen molar-refractivity contribution >= 4 is 27.5 Å². The number of carbonyl (C=O) groups is 1. The molecular formula is C15H21BrN2O. The highest BCUT2D eigenvalue weighted by atomic mass is 79.9. The van der Waals surface area contributed by atoms with Crippen LogP contribution in [0.5, 0.6) is 0 Å². The van der Waals surface area contributed by atoms with Crippen LogP contribution in [0.4, 0.5) is 5.69 Å². The smallest absolute Gasteiger partial charge is 0.239 e. The largest absolute Gasteiger partial charge is 0.376 e. The number of halogens is 1. The molecule has 19 heavy (non-hydrogen) atoms. The molecule has 1 amide bonds. The first-order chi connectivity index (χ1) is 9.24. The maximum atomic E-state index is 11.8. The van der Waals surface area contributed by atoms with Crippen molar-refractivity contribution < 1.29 is 4.79 Å². The van der Waals surface area contributed by atoms with Crippen molar-refractivity contribution in [2.45, 2.75) is 32.1 Å². The minimum atomic E-state index is 0.0746. The van der Waals surface area contributed by atoms with Gasteiger partial charge < -0.3 is 10.6 Å².